The molecular formula is C17H23N3O. The Morgan fingerprint density at radius 3 is 2.29 bits per heavy atom. The van der Waals surface area contributed by atoms with E-state index in [9.17, 15) is 4.79 Å². The third-order valence-corrected chi connectivity index (χ3v) is 3.87. The van der Waals surface area contributed by atoms with Gasteiger partial charge < -0.3 is 10.2 Å². The summed E-state index contributed by atoms with van der Waals surface area (Å²) in [6, 6.07) is 10.1. The van der Waals surface area contributed by atoms with E-state index in [1.165, 1.54) is 0 Å². The van der Waals surface area contributed by atoms with Crippen LogP contribution in [0.2, 0.25) is 0 Å². The lowest BCUT2D eigenvalue weighted by Gasteiger charge is -2.35. The average molecular weight is 285 g/mol. The van der Waals surface area contributed by atoms with Crippen LogP contribution in [0.3, 0.4) is 0 Å². The largest absolute Gasteiger partial charge is 0.371 e. The van der Waals surface area contributed by atoms with Crippen molar-refractivity contribution in [2.24, 2.45) is 5.41 Å². The molecule has 0 atom stereocenters. The van der Waals surface area contributed by atoms with Gasteiger partial charge in [-0.15, -0.1) is 0 Å². The maximum Gasteiger partial charge on any atom is 0.225 e. The van der Waals surface area contributed by atoms with Crippen molar-refractivity contribution in [1.29, 1.82) is 5.26 Å². The molecule has 1 heterocycles. The molecule has 0 bridgehead atoms. The quantitative estimate of drug-likeness (QED) is 0.909. The minimum absolute atomic E-state index is 0.124. The molecule has 1 aliphatic rings. The number of nitrogens with one attached hydrogen (secondary N) is 1. The molecule has 0 aromatic heterocycles. The van der Waals surface area contributed by atoms with Gasteiger partial charge in [-0.2, -0.15) is 5.26 Å². The standard InChI is InChI=1S/C17H23N3O/c1-17(2,3)16(21)19-14-8-10-20(11-9-14)15-6-4-13(12-18)5-7-15/h4-7,14H,8-11H2,1-3H3,(H,19,21). The molecule has 1 fully saturated rings. The molecule has 0 spiro atoms. The zero-order chi connectivity index (χ0) is 15.5. The number of piperidine rings is 1. The van der Waals surface area contributed by atoms with Crippen molar-refractivity contribution in [2.75, 3.05) is 18.0 Å². The van der Waals surface area contributed by atoms with Gasteiger partial charge in [0.05, 0.1) is 11.6 Å². The molecule has 1 aliphatic heterocycles. The van der Waals surface area contributed by atoms with Crippen LogP contribution in [0.15, 0.2) is 24.3 Å². The molecule has 0 saturated carbocycles. The fourth-order valence-corrected chi connectivity index (χ4v) is 2.43. The molecule has 0 radical (unpaired) electrons. The smallest absolute Gasteiger partial charge is 0.225 e. The number of amides is 1. The lowest BCUT2D eigenvalue weighted by molar-refractivity contribution is -0.129. The van der Waals surface area contributed by atoms with Gasteiger partial charge in [-0.3, -0.25) is 4.79 Å². The van der Waals surface area contributed by atoms with Crippen LogP contribution < -0.4 is 10.2 Å². The van der Waals surface area contributed by atoms with Crippen LogP contribution in [0.1, 0.15) is 39.2 Å². The maximum atomic E-state index is 12.0. The lowest BCUT2D eigenvalue weighted by atomic mass is 9.94. The fraction of sp³-hybridized carbons (Fsp3) is 0.529. The number of carbonyl (C=O) groups excluding carboxylic acids is 1. The van der Waals surface area contributed by atoms with Crippen LogP contribution in [0.4, 0.5) is 5.69 Å². The Kier molecular flexibility index (Phi) is 4.52. The number of benzene rings is 1. The van der Waals surface area contributed by atoms with Gasteiger partial charge in [0.25, 0.3) is 0 Å². The van der Waals surface area contributed by atoms with Crippen LogP contribution in [-0.4, -0.2) is 25.0 Å². The van der Waals surface area contributed by atoms with Crippen LogP contribution in [0, 0.1) is 16.7 Å². The monoisotopic (exact) mass is 285 g/mol. The maximum absolute atomic E-state index is 12.0. The Hall–Kier alpha value is -2.02. The highest BCUT2D eigenvalue weighted by Gasteiger charge is 2.26. The Morgan fingerprint density at radius 2 is 1.81 bits per heavy atom. The zero-order valence-electron chi connectivity index (χ0n) is 13.0. The van der Waals surface area contributed by atoms with E-state index in [1.54, 1.807) is 0 Å². The predicted molar refractivity (Wildman–Crippen MR) is 84.0 cm³/mol. The summed E-state index contributed by atoms with van der Waals surface area (Å²) in [5.74, 6) is 0.124. The van der Waals surface area contributed by atoms with E-state index in [4.69, 9.17) is 5.26 Å². The van der Waals surface area contributed by atoms with Gasteiger partial charge in [-0.05, 0) is 37.1 Å². The van der Waals surface area contributed by atoms with E-state index in [1.807, 2.05) is 45.0 Å². The third kappa shape index (κ3) is 3.98. The van der Waals surface area contributed by atoms with Crippen molar-refractivity contribution < 1.29 is 4.79 Å². The van der Waals surface area contributed by atoms with Crippen molar-refractivity contribution in [2.45, 2.75) is 39.7 Å². The lowest BCUT2D eigenvalue weighted by Crippen LogP contribution is -2.47. The first-order valence-corrected chi connectivity index (χ1v) is 7.46. The van der Waals surface area contributed by atoms with Gasteiger partial charge >= 0.3 is 0 Å². The first-order chi connectivity index (χ1) is 9.90. The third-order valence-electron chi connectivity index (χ3n) is 3.87. The molecular weight excluding hydrogens is 262 g/mol. The van der Waals surface area contributed by atoms with Crippen LogP contribution in [0.25, 0.3) is 0 Å². The zero-order valence-corrected chi connectivity index (χ0v) is 13.0. The van der Waals surface area contributed by atoms with E-state index >= 15 is 0 Å². The summed E-state index contributed by atoms with van der Waals surface area (Å²) in [5.41, 5.74) is 1.50. The van der Waals surface area contributed by atoms with Crippen molar-refractivity contribution in [1.82, 2.24) is 5.32 Å². The highest BCUT2D eigenvalue weighted by molar-refractivity contribution is 5.81. The van der Waals surface area contributed by atoms with Crippen LogP contribution >= 0.6 is 0 Å². The normalized spacial score (nSPS) is 16.4. The molecule has 112 valence electrons. The molecule has 0 unspecified atom stereocenters. The second kappa shape index (κ2) is 6.17. The van der Waals surface area contributed by atoms with Crippen molar-refractivity contribution >= 4 is 11.6 Å². The topological polar surface area (TPSA) is 56.1 Å². The van der Waals surface area contributed by atoms with Gasteiger partial charge in [0.15, 0.2) is 0 Å². The average Bonchev–Trinajstić information content (AvgIpc) is 2.47. The summed E-state index contributed by atoms with van der Waals surface area (Å²) in [7, 11) is 0. The number of carbonyl (C=O) groups is 1. The summed E-state index contributed by atoms with van der Waals surface area (Å²) < 4.78 is 0. The minimum atomic E-state index is -0.329. The predicted octanol–water partition coefficient (Wildman–Crippen LogP) is 2.69. The van der Waals surface area contributed by atoms with Gasteiger partial charge in [0.1, 0.15) is 0 Å². The Morgan fingerprint density at radius 1 is 1.24 bits per heavy atom. The molecule has 1 N–H and O–H groups in total. The molecule has 1 amide bonds. The summed E-state index contributed by atoms with van der Waals surface area (Å²) in [4.78, 5) is 14.3. The molecule has 21 heavy (non-hydrogen) atoms. The summed E-state index contributed by atoms with van der Waals surface area (Å²) in [6.07, 6.45) is 1.92. The second-order valence-electron chi connectivity index (χ2n) is 6.64. The van der Waals surface area contributed by atoms with Crippen molar-refractivity contribution in [3.05, 3.63) is 29.8 Å². The minimum Gasteiger partial charge on any atom is -0.371 e. The fourth-order valence-electron chi connectivity index (χ4n) is 2.43. The van der Waals surface area contributed by atoms with E-state index in [-0.39, 0.29) is 17.4 Å². The highest BCUT2D eigenvalue weighted by atomic mass is 16.2. The SMILES string of the molecule is CC(C)(C)C(=O)NC1CCN(c2ccc(C#N)cc2)CC1. The molecule has 1 aromatic rings. The number of anilines is 1. The number of hydrogen-bond acceptors (Lipinski definition) is 3. The Bertz CT molecular complexity index is 529. The molecule has 4 heteroatoms. The van der Waals surface area contributed by atoms with E-state index in [0.717, 1.165) is 31.6 Å². The first-order valence-electron chi connectivity index (χ1n) is 7.46. The molecule has 4 nitrogen and oxygen atoms in total. The summed E-state index contributed by atoms with van der Waals surface area (Å²) in [5, 5.41) is 12.0. The number of rotatable bonds is 2. The highest BCUT2D eigenvalue weighted by Crippen LogP contribution is 2.21. The van der Waals surface area contributed by atoms with Gasteiger partial charge in [-0.25, -0.2) is 0 Å². The van der Waals surface area contributed by atoms with Gasteiger partial charge in [-0.1, -0.05) is 20.8 Å². The summed E-state index contributed by atoms with van der Waals surface area (Å²) in [6.45, 7) is 7.68. The van der Waals surface area contributed by atoms with Crippen molar-refractivity contribution in [3.8, 4) is 6.07 Å². The Labute approximate surface area is 126 Å². The van der Waals surface area contributed by atoms with Gasteiger partial charge in [0.2, 0.25) is 5.91 Å². The van der Waals surface area contributed by atoms with Crippen LogP contribution in [-0.2, 0) is 4.79 Å². The number of hydrogen-bond donors (Lipinski definition) is 1. The van der Waals surface area contributed by atoms with Crippen molar-refractivity contribution in [3.63, 3.8) is 0 Å². The molecule has 1 saturated heterocycles. The second-order valence-corrected chi connectivity index (χ2v) is 6.64. The molecule has 0 aliphatic carbocycles. The van der Waals surface area contributed by atoms with Gasteiger partial charge in [0, 0.05) is 30.2 Å². The first kappa shape index (κ1) is 15.4. The van der Waals surface area contributed by atoms with E-state index in [0.29, 0.717) is 5.56 Å². The van der Waals surface area contributed by atoms with E-state index in [2.05, 4.69) is 16.3 Å². The number of nitrogens with zero attached hydrogens (tertiary/aromatic N) is 2. The Balaban J connectivity index is 1.88. The molecule has 1 aromatic carbocycles. The van der Waals surface area contributed by atoms with E-state index < -0.39 is 0 Å². The number of nitriles is 1. The molecule has 2 rings (SSSR count). The summed E-state index contributed by atoms with van der Waals surface area (Å²) >= 11 is 0. The van der Waals surface area contributed by atoms with Crippen LogP contribution in [0.5, 0.6) is 0 Å².